The van der Waals surface area contributed by atoms with Crippen LogP contribution < -0.4 is 0 Å². The fourth-order valence-corrected chi connectivity index (χ4v) is 2.03. The van der Waals surface area contributed by atoms with Crippen molar-refractivity contribution in [2.24, 2.45) is 0 Å². The average Bonchev–Trinajstić information content (AvgIpc) is 2.59. The molecule has 2 N–H and O–H groups in total. The number of aromatic carboxylic acids is 1. The van der Waals surface area contributed by atoms with Gasteiger partial charge in [0.25, 0.3) is 0 Å². The Bertz CT molecular complexity index is 371. The van der Waals surface area contributed by atoms with Crippen LogP contribution in [0.3, 0.4) is 0 Å². The van der Waals surface area contributed by atoms with Crippen molar-refractivity contribution in [3.63, 3.8) is 0 Å². The van der Waals surface area contributed by atoms with Crippen LogP contribution in [0.4, 0.5) is 0 Å². The largest absolute Gasteiger partial charge is 0.478 e. The fraction of sp³-hybridized carbons (Fsp3) is 0.364. The minimum Gasteiger partial charge on any atom is -0.478 e. The molecule has 0 aliphatic heterocycles. The first kappa shape index (κ1) is 9.21. The molecule has 0 heterocycles. The second-order valence-corrected chi connectivity index (χ2v) is 3.64. The third-order valence-electron chi connectivity index (χ3n) is 2.81. The highest BCUT2D eigenvalue weighted by atomic mass is 16.4. The van der Waals surface area contributed by atoms with Crippen LogP contribution in [0.2, 0.25) is 0 Å². The maximum absolute atomic E-state index is 10.7. The number of hydrogen-bond acceptors (Lipinski definition) is 2. The lowest BCUT2D eigenvalue weighted by molar-refractivity contribution is 0.0697. The van der Waals surface area contributed by atoms with Crippen LogP contribution >= 0.6 is 0 Å². The molecule has 0 bridgehead atoms. The summed E-state index contributed by atoms with van der Waals surface area (Å²) in [4.78, 5) is 10.7. The number of carboxylic acid groups (broad SMARTS) is 1. The number of rotatable bonds is 2. The molecule has 1 aromatic carbocycles. The normalized spacial score (nSPS) is 19.4. The number of fused-ring (bicyclic) bond motifs is 1. The minimum absolute atomic E-state index is 0.152. The zero-order valence-electron chi connectivity index (χ0n) is 7.73. The van der Waals surface area contributed by atoms with Gasteiger partial charge in [0.2, 0.25) is 0 Å². The number of hydrogen-bond donors (Lipinski definition) is 2. The van der Waals surface area contributed by atoms with Crippen molar-refractivity contribution < 1.29 is 15.0 Å². The van der Waals surface area contributed by atoms with Gasteiger partial charge in [-0.15, -0.1) is 0 Å². The molecule has 0 radical (unpaired) electrons. The molecular weight excluding hydrogens is 180 g/mol. The molecule has 1 aromatic rings. The summed E-state index contributed by atoms with van der Waals surface area (Å²) >= 11 is 0. The van der Waals surface area contributed by atoms with Gasteiger partial charge in [-0.3, -0.25) is 0 Å². The molecule has 0 amide bonds. The van der Waals surface area contributed by atoms with Crippen molar-refractivity contribution in [3.05, 3.63) is 34.9 Å². The zero-order chi connectivity index (χ0) is 10.1. The quantitative estimate of drug-likeness (QED) is 0.744. The zero-order valence-corrected chi connectivity index (χ0v) is 7.73. The first-order chi connectivity index (χ1) is 6.72. The molecule has 0 saturated heterocycles. The lowest BCUT2D eigenvalue weighted by Gasteiger charge is -2.07. The van der Waals surface area contributed by atoms with E-state index in [2.05, 4.69) is 0 Å². The molecule has 0 saturated carbocycles. The van der Waals surface area contributed by atoms with E-state index in [9.17, 15) is 4.79 Å². The van der Waals surface area contributed by atoms with Gasteiger partial charge in [0.15, 0.2) is 0 Å². The molecular formula is C11H12O3. The summed E-state index contributed by atoms with van der Waals surface area (Å²) in [5.41, 5.74) is 2.52. The van der Waals surface area contributed by atoms with Crippen LogP contribution in [-0.4, -0.2) is 22.8 Å². The predicted octanol–water partition coefficient (Wildman–Crippen LogP) is 1.41. The highest BCUT2D eigenvalue weighted by Crippen LogP contribution is 2.32. The lowest BCUT2D eigenvalue weighted by Crippen LogP contribution is -2.01. The summed E-state index contributed by atoms with van der Waals surface area (Å²) in [5.74, 6) is -0.687. The standard InChI is InChI=1S/C11H12O3/c12-6-9-2-1-7-5-8(11(13)14)3-4-10(7)9/h3-5,9,12H,1-2,6H2,(H,13,14). The number of carbonyl (C=O) groups is 1. The van der Waals surface area contributed by atoms with Gasteiger partial charge >= 0.3 is 5.97 Å². The van der Waals surface area contributed by atoms with Crippen molar-refractivity contribution in [2.75, 3.05) is 6.61 Å². The van der Waals surface area contributed by atoms with E-state index in [-0.39, 0.29) is 12.5 Å². The molecule has 0 fully saturated rings. The van der Waals surface area contributed by atoms with E-state index >= 15 is 0 Å². The van der Waals surface area contributed by atoms with E-state index in [1.165, 1.54) is 0 Å². The van der Waals surface area contributed by atoms with Gasteiger partial charge in [-0.1, -0.05) is 6.07 Å². The second-order valence-electron chi connectivity index (χ2n) is 3.64. The summed E-state index contributed by atoms with van der Waals surface area (Å²) in [7, 11) is 0. The van der Waals surface area contributed by atoms with E-state index in [0.717, 1.165) is 24.0 Å². The van der Waals surface area contributed by atoms with Crippen molar-refractivity contribution in [3.8, 4) is 0 Å². The van der Waals surface area contributed by atoms with Crippen LogP contribution in [-0.2, 0) is 6.42 Å². The molecule has 1 aliphatic carbocycles. The van der Waals surface area contributed by atoms with Crippen molar-refractivity contribution in [1.29, 1.82) is 0 Å². The smallest absolute Gasteiger partial charge is 0.335 e. The lowest BCUT2D eigenvalue weighted by atomic mass is 10.0. The summed E-state index contributed by atoms with van der Waals surface area (Å²) in [6, 6.07) is 5.15. The van der Waals surface area contributed by atoms with Gasteiger partial charge in [-0.25, -0.2) is 4.79 Å². The minimum atomic E-state index is -0.889. The highest BCUT2D eigenvalue weighted by Gasteiger charge is 2.22. The molecule has 3 nitrogen and oxygen atoms in total. The van der Waals surface area contributed by atoms with Crippen molar-refractivity contribution in [1.82, 2.24) is 0 Å². The van der Waals surface area contributed by atoms with E-state index in [0.29, 0.717) is 5.56 Å². The summed E-state index contributed by atoms with van der Waals surface area (Å²) in [6.45, 7) is 0.152. The van der Waals surface area contributed by atoms with Gasteiger partial charge in [-0.05, 0) is 36.1 Å². The van der Waals surface area contributed by atoms with Gasteiger partial charge in [0.05, 0.1) is 5.56 Å². The van der Waals surface area contributed by atoms with E-state index in [4.69, 9.17) is 10.2 Å². The van der Waals surface area contributed by atoms with Crippen molar-refractivity contribution in [2.45, 2.75) is 18.8 Å². The van der Waals surface area contributed by atoms with E-state index in [1.54, 1.807) is 12.1 Å². The SMILES string of the molecule is O=C(O)c1ccc2c(c1)CCC2CO. The van der Waals surface area contributed by atoms with Crippen LogP contribution in [0.25, 0.3) is 0 Å². The Morgan fingerprint density at radius 2 is 2.29 bits per heavy atom. The molecule has 0 spiro atoms. The topological polar surface area (TPSA) is 57.5 Å². The second kappa shape index (κ2) is 3.42. The first-order valence-corrected chi connectivity index (χ1v) is 4.69. The van der Waals surface area contributed by atoms with Crippen LogP contribution in [0.15, 0.2) is 18.2 Å². The van der Waals surface area contributed by atoms with Gasteiger partial charge in [-0.2, -0.15) is 0 Å². The number of carboxylic acids is 1. The van der Waals surface area contributed by atoms with Crippen LogP contribution in [0, 0.1) is 0 Å². The Labute approximate surface area is 82.0 Å². The number of aryl methyl sites for hydroxylation is 1. The third-order valence-corrected chi connectivity index (χ3v) is 2.81. The third kappa shape index (κ3) is 1.40. The highest BCUT2D eigenvalue weighted by molar-refractivity contribution is 5.88. The molecule has 0 aromatic heterocycles. The van der Waals surface area contributed by atoms with E-state index in [1.807, 2.05) is 6.07 Å². The summed E-state index contributed by atoms with van der Waals surface area (Å²) < 4.78 is 0. The molecule has 1 unspecified atom stereocenters. The monoisotopic (exact) mass is 192 g/mol. The predicted molar refractivity (Wildman–Crippen MR) is 51.5 cm³/mol. The Balaban J connectivity index is 2.39. The first-order valence-electron chi connectivity index (χ1n) is 4.69. The molecule has 14 heavy (non-hydrogen) atoms. The molecule has 2 rings (SSSR count). The molecule has 1 aliphatic rings. The number of benzene rings is 1. The molecule has 3 heteroatoms. The number of aliphatic hydroxyl groups excluding tert-OH is 1. The Kier molecular flexibility index (Phi) is 2.25. The van der Waals surface area contributed by atoms with Crippen LogP contribution in [0.5, 0.6) is 0 Å². The van der Waals surface area contributed by atoms with Gasteiger partial charge < -0.3 is 10.2 Å². The maximum atomic E-state index is 10.7. The van der Waals surface area contributed by atoms with Gasteiger partial charge in [0, 0.05) is 12.5 Å². The Morgan fingerprint density at radius 3 is 2.93 bits per heavy atom. The number of aliphatic hydroxyl groups is 1. The fourth-order valence-electron chi connectivity index (χ4n) is 2.03. The molecule has 74 valence electrons. The summed E-state index contributed by atoms with van der Waals surface area (Å²) in [6.07, 6.45) is 1.80. The average molecular weight is 192 g/mol. The van der Waals surface area contributed by atoms with E-state index < -0.39 is 5.97 Å². The van der Waals surface area contributed by atoms with Gasteiger partial charge in [0.1, 0.15) is 0 Å². The van der Waals surface area contributed by atoms with Crippen molar-refractivity contribution >= 4 is 5.97 Å². The maximum Gasteiger partial charge on any atom is 0.335 e. The molecule has 1 atom stereocenters. The van der Waals surface area contributed by atoms with Crippen LogP contribution in [0.1, 0.15) is 33.8 Å². The Morgan fingerprint density at radius 1 is 1.50 bits per heavy atom. The summed E-state index contributed by atoms with van der Waals surface area (Å²) in [5, 5.41) is 17.9. The Hall–Kier alpha value is -1.35.